The van der Waals surface area contributed by atoms with Gasteiger partial charge in [0.15, 0.2) is 10.8 Å². The van der Waals surface area contributed by atoms with Crippen molar-refractivity contribution in [2.45, 2.75) is 25.7 Å². The molecule has 0 saturated heterocycles. The van der Waals surface area contributed by atoms with Gasteiger partial charge in [0, 0.05) is 12.2 Å². The summed E-state index contributed by atoms with van der Waals surface area (Å²) in [5.41, 5.74) is -1.72. The third-order valence-corrected chi connectivity index (χ3v) is 3.84. The van der Waals surface area contributed by atoms with Crippen molar-refractivity contribution in [3.8, 4) is 24.3 Å². The number of nitrogens with zero attached hydrogens (tertiary/aromatic N) is 4. The summed E-state index contributed by atoms with van der Waals surface area (Å²) in [5.74, 6) is 0. The van der Waals surface area contributed by atoms with E-state index in [2.05, 4.69) is 5.32 Å². The van der Waals surface area contributed by atoms with Crippen LogP contribution in [0.3, 0.4) is 0 Å². The highest BCUT2D eigenvalue weighted by Gasteiger charge is 2.59. The van der Waals surface area contributed by atoms with Crippen LogP contribution in [0.25, 0.3) is 0 Å². The lowest BCUT2D eigenvalue weighted by Gasteiger charge is -2.41. The molecule has 5 heteroatoms. The van der Waals surface area contributed by atoms with E-state index in [1.165, 1.54) is 0 Å². The van der Waals surface area contributed by atoms with Crippen molar-refractivity contribution >= 4 is 0 Å². The Morgan fingerprint density at radius 3 is 2.06 bits per heavy atom. The first kappa shape index (κ1) is 12.0. The Morgan fingerprint density at radius 2 is 1.50 bits per heavy atom. The van der Waals surface area contributed by atoms with Crippen molar-refractivity contribution in [3.63, 3.8) is 0 Å². The van der Waals surface area contributed by atoms with Crippen LogP contribution in [0.15, 0.2) is 11.3 Å². The van der Waals surface area contributed by atoms with E-state index in [0.717, 1.165) is 25.0 Å². The van der Waals surface area contributed by atoms with E-state index in [4.69, 9.17) is 0 Å². The van der Waals surface area contributed by atoms with Crippen molar-refractivity contribution in [2.75, 3.05) is 6.54 Å². The summed E-state index contributed by atoms with van der Waals surface area (Å²) in [4.78, 5) is 0. The minimum Gasteiger partial charge on any atom is -0.386 e. The van der Waals surface area contributed by atoms with Gasteiger partial charge in [0.1, 0.15) is 0 Å². The smallest absolute Gasteiger partial charge is 0.199 e. The summed E-state index contributed by atoms with van der Waals surface area (Å²) >= 11 is 0. The molecule has 0 fully saturated rings. The zero-order valence-corrected chi connectivity index (χ0v) is 9.82. The molecule has 0 aromatic rings. The highest BCUT2D eigenvalue weighted by atomic mass is 14.9. The lowest BCUT2D eigenvalue weighted by atomic mass is 9.58. The molecule has 0 saturated carbocycles. The molecule has 1 heterocycles. The molecule has 0 radical (unpaired) electrons. The van der Waals surface area contributed by atoms with Crippen LogP contribution in [0.4, 0.5) is 0 Å². The lowest BCUT2D eigenvalue weighted by molar-refractivity contribution is 0.288. The van der Waals surface area contributed by atoms with Gasteiger partial charge in [0.05, 0.1) is 24.3 Å². The SMILES string of the molecule is N#CC1(C#N)CNC2=C(CCCC2)C1(C#N)C#N. The molecule has 18 heavy (non-hydrogen) atoms. The second kappa shape index (κ2) is 4.06. The van der Waals surface area contributed by atoms with Gasteiger partial charge in [0.2, 0.25) is 0 Å². The van der Waals surface area contributed by atoms with Gasteiger partial charge in [-0.15, -0.1) is 0 Å². The first-order valence-corrected chi connectivity index (χ1v) is 5.81. The maximum Gasteiger partial charge on any atom is 0.199 e. The first-order valence-electron chi connectivity index (χ1n) is 5.81. The van der Waals surface area contributed by atoms with Crippen molar-refractivity contribution in [3.05, 3.63) is 11.3 Å². The number of rotatable bonds is 0. The number of hydrogen-bond donors (Lipinski definition) is 1. The van der Waals surface area contributed by atoms with Crippen molar-refractivity contribution in [2.24, 2.45) is 10.8 Å². The standard InChI is InChI=1S/C13H11N5/c14-5-12(6-15)9-18-11-4-2-1-3-10(11)13(12,7-16)8-17/h18H,1-4,9H2. The van der Waals surface area contributed by atoms with Gasteiger partial charge in [-0.1, -0.05) is 0 Å². The Hall–Kier alpha value is -2.50. The molecule has 1 N–H and O–H groups in total. The Labute approximate surface area is 106 Å². The van der Waals surface area contributed by atoms with Crippen LogP contribution >= 0.6 is 0 Å². The molecule has 1 aliphatic carbocycles. The Balaban J connectivity index is 2.71. The van der Waals surface area contributed by atoms with Crippen LogP contribution in [-0.2, 0) is 0 Å². The molecule has 0 aromatic carbocycles. The molecule has 0 atom stereocenters. The monoisotopic (exact) mass is 237 g/mol. The zero-order chi connectivity index (χ0) is 13.2. The van der Waals surface area contributed by atoms with Crippen molar-refractivity contribution < 1.29 is 0 Å². The normalized spacial score (nSPS) is 23.3. The molecule has 2 rings (SSSR count). The predicted molar refractivity (Wildman–Crippen MR) is 60.8 cm³/mol. The number of nitriles is 4. The zero-order valence-electron chi connectivity index (χ0n) is 9.82. The predicted octanol–water partition coefficient (Wildman–Crippen LogP) is 1.48. The summed E-state index contributed by atoms with van der Waals surface area (Å²) < 4.78 is 0. The summed E-state index contributed by atoms with van der Waals surface area (Å²) in [6.45, 7) is 0.0416. The average Bonchev–Trinajstić information content (AvgIpc) is 2.46. The molecule has 0 unspecified atom stereocenters. The summed E-state index contributed by atoms with van der Waals surface area (Å²) in [5, 5.41) is 40.5. The van der Waals surface area contributed by atoms with E-state index < -0.39 is 10.8 Å². The van der Waals surface area contributed by atoms with Crippen molar-refractivity contribution in [1.29, 1.82) is 21.0 Å². The molecule has 88 valence electrons. The molecule has 0 spiro atoms. The van der Waals surface area contributed by atoms with Gasteiger partial charge in [-0.2, -0.15) is 21.0 Å². The average molecular weight is 237 g/mol. The Kier molecular flexibility index (Phi) is 2.70. The Morgan fingerprint density at radius 1 is 0.889 bits per heavy atom. The van der Waals surface area contributed by atoms with E-state index in [9.17, 15) is 21.0 Å². The molecule has 0 aromatic heterocycles. The van der Waals surface area contributed by atoms with Crippen LogP contribution in [0, 0.1) is 56.2 Å². The molecular weight excluding hydrogens is 226 g/mol. The van der Waals surface area contributed by atoms with E-state index in [1.807, 2.05) is 24.3 Å². The third kappa shape index (κ3) is 1.22. The molecule has 0 bridgehead atoms. The first-order chi connectivity index (χ1) is 8.69. The van der Waals surface area contributed by atoms with Gasteiger partial charge < -0.3 is 5.32 Å². The summed E-state index contributed by atoms with van der Waals surface area (Å²) in [6.07, 6.45) is 3.28. The Bertz CT molecular complexity index is 544. The quantitative estimate of drug-likeness (QED) is 0.686. The maximum atomic E-state index is 9.44. The number of hydrogen-bond acceptors (Lipinski definition) is 5. The van der Waals surface area contributed by atoms with Gasteiger partial charge in [-0.05, 0) is 31.3 Å². The largest absolute Gasteiger partial charge is 0.386 e. The second-order valence-corrected chi connectivity index (χ2v) is 4.62. The summed E-state index contributed by atoms with van der Waals surface area (Å²) in [6, 6.07) is 7.69. The van der Waals surface area contributed by atoms with Crippen LogP contribution in [0.2, 0.25) is 0 Å². The van der Waals surface area contributed by atoms with Crippen LogP contribution in [0.5, 0.6) is 0 Å². The lowest BCUT2D eigenvalue weighted by Crippen LogP contribution is -2.52. The van der Waals surface area contributed by atoms with Gasteiger partial charge in [-0.3, -0.25) is 0 Å². The van der Waals surface area contributed by atoms with Crippen LogP contribution < -0.4 is 5.32 Å². The maximum absolute atomic E-state index is 9.44. The third-order valence-electron chi connectivity index (χ3n) is 3.84. The number of nitrogens with one attached hydrogen (secondary N) is 1. The van der Waals surface area contributed by atoms with Gasteiger partial charge in [-0.25, -0.2) is 0 Å². The van der Waals surface area contributed by atoms with E-state index in [-0.39, 0.29) is 6.54 Å². The molecule has 5 nitrogen and oxygen atoms in total. The molecule has 1 aliphatic heterocycles. The minimum absolute atomic E-state index is 0.0416. The van der Waals surface area contributed by atoms with E-state index in [0.29, 0.717) is 12.0 Å². The van der Waals surface area contributed by atoms with E-state index in [1.54, 1.807) is 0 Å². The summed E-state index contributed by atoms with van der Waals surface area (Å²) in [7, 11) is 0. The highest BCUT2D eigenvalue weighted by Crippen LogP contribution is 2.50. The fraction of sp³-hybridized carbons (Fsp3) is 0.538. The molecular formula is C13H11N5. The van der Waals surface area contributed by atoms with E-state index >= 15 is 0 Å². The van der Waals surface area contributed by atoms with Gasteiger partial charge in [0.25, 0.3) is 0 Å². The van der Waals surface area contributed by atoms with Gasteiger partial charge >= 0.3 is 0 Å². The highest BCUT2D eigenvalue weighted by molar-refractivity contribution is 5.49. The molecule has 2 aliphatic rings. The van der Waals surface area contributed by atoms with Crippen LogP contribution in [-0.4, -0.2) is 6.54 Å². The van der Waals surface area contributed by atoms with Crippen molar-refractivity contribution in [1.82, 2.24) is 5.32 Å². The molecule has 0 amide bonds. The minimum atomic E-state index is -1.63. The second-order valence-electron chi connectivity index (χ2n) is 4.62. The fourth-order valence-corrected chi connectivity index (χ4v) is 2.77. The van der Waals surface area contributed by atoms with Crippen LogP contribution in [0.1, 0.15) is 25.7 Å². The fourth-order valence-electron chi connectivity index (χ4n) is 2.77. The topological polar surface area (TPSA) is 107 Å². The number of allylic oxidation sites excluding steroid dienone is 2.